The van der Waals surface area contributed by atoms with Crippen molar-refractivity contribution in [3.63, 3.8) is 0 Å². The normalized spacial score (nSPS) is 17.5. The van der Waals surface area contributed by atoms with Crippen LogP contribution in [0.2, 0.25) is 0 Å². The van der Waals surface area contributed by atoms with E-state index < -0.39 is 58.0 Å². The van der Waals surface area contributed by atoms with E-state index in [1.165, 1.54) is 16.6 Å². The van der Waals surface area contributed by atoms with Gasteiger partial charge in [-0.2, -0.15) is 18.2 Å². The van der Waals surface area contributed by atoms with Gasteiger partial charge in [-0.05, 0) is 39.0 Å². The number of hydrogen-bond acceptors (Lipinski definition) is 8. The molecule has 3 aromatic rings. The molecule has 1 atom stereocenters. The van der Waals surface area contributed by atoms with Crippen molar-refractivity contribution in [3.8, 4) is 11.1 Å². The van der Waals surface area contributed by atoms with Crippen LogP contribution in [0.15, 0.2) is 34.0 Å². The van der Waals surface area contributed by atoms with Gasteiger partial charge in [0, 0.05) is 66.5 Å². The van der Waals surface area contributed by atoms with Crippen LogP contribution in [0.25, 0.3) is 22.0 Å². The number of benzene rings is 2. The number of aromatic nitrogens is 2. The predicted molar refractivity (Wildman–Crippen MR) is 159 cm³/mol. The number of anilines is 1. The van der Waals surface area contributed by atoms with Crippen LogP contribution in [0.5, 0.6) is 0 Å². The smallest absolute Gasteiger partial charge is 0.417 e. The van der Waals surface area contributed by atoms with E-state index in [0.29, 0.717) is 6.07 Å². The molecule has 244 valence electrons. The largest absolute Gasteiger partial charge is 0.444 e. The molecule has 1 aromatic heterocycles. The lowest BCUT2D eigenvalue weighted by Crippen LogP contribution is -2.50. The molecule has 0 aliphatic carbocycles. The lowest BCUT2D eigenvalue weighted by Gasteiger charge is -2.36. The maximum Gasteiger partial charge on any atom is 0.417 e. The van der Waals surface area contributed by atoms with Crippen LogP contribution in [0.1, 0.15) is 26.3 Å². The van der Waals surface area contributed by atoms with Gasteiger partial charge >= 0.3 is 18.0 Å². The summed E-state index contributed by atoms with van der Waals surface area (Å²) in [6.07, 6.45) is -6.08. The Balaban J connectivity index is 1.68. The third-order valence-electron chi connectivity index (χ3n) is 7.38. The van der Waals surface area contributed by atoms with E-state index in [2.05, 4.69) is 4.98 Å². The van der Waals surface area contributed by atoms with E-state index in [-0.39, 0.29) is 73.3 Å². The SMILES string of the molecule is COCCO[C@H]1CSc2c(-c3ccc(F)cc3F)c(C(F)(F)F)cc3c(N4CCN(C(=O)OC(C)(C)C)CC4)nc(=O)n(c23)C1. The van der Waals surface area contributed by atoms with E-state index >= 15 is 4.39 Å². The quantitative estimate of drug-likeness (QED) is 0.252. The second kappa shape index (κ2) is 12.8. The molecule has 15 heteroatoms. The molecular weight excluding hydrogens is 623 g/mol. The van der Waals surface area contributed by atoms with Crippen LogP contribution < -0.4 is 10.6 Å². The zero-order valence-electron chi connectivity index (χ0n) is 25.2. The number of methoxy groups -OCH3 is 1. The highest BCUT2D eigenvalue weighted by Crippen LogP contribution is 2.48. The first kappa shape index (κ1) is 32.9. The molecule has 0 spiro atoms. The molecule has 2 aliphatic rings. The molecule has 0 bridgehead atoms. The van der Waals surface area contributed by atoms with Crippen LogP contribution >= 0.6 is 11.8 Å². The first-order valence-corrected chi connectivity index (χ1v) is 15.3. The van der Waals surface area contributed by atoms with Crippen LogP contribution in [0.3, 0.4) is 0 Å². The van der Waals surface area contributed by atoms with Crippen molar-refractivity contribution in [2.24, 2.45) is 0 Å². The average Bonchev–Trinajstić information content (AvgIpc) is 3.15. The van der Waals surface area contributed by atoms with Crippen LogP contribution in [-0.4, -0.2) is 84.5 Å². The third kappa shape index (κ3) is 7.04. The molecule has 3 heterocycles. The van der Waals surface area contributed by atoms with Gasteiger partial charge < -0.3 is 24.0 Å². The van der Waals surface area contributed by atoms with Crippen LogP contribution in [0, 0.1) is 11.6 Å². The van der Waals surface area contributed by atoms with E-state index in [1.807, 2.05) is 0 Å². The summed E-state index contributed by atoms with van der Waals surface area (Å²) < 4.78 is 91.1. The Morgan fingerprint density at radius 1 is 1.07 bits per heavy atom. The van der Waals surface area contributed by atoms with Gasteiger partial charge in [0.05, 0.1) is 36.9 Å². The zero-order chi connectivity index (χ0) is 32.7. The van der Waals surface area contributed by atoms with Crippen molar-refractivity contribution in [3.05, 3.63) is 51.9 Å². The third-order valence-corrected chi connectivity index (χ3v) is 8.60. The van der Waals surface area contributed by atoms with Gasteiger partial charge in [0.25, 0.3) is 0 Å². The number of amides is 1. The number of alkyl halides is 3. The molecule has 2 aliphatic heterocycles. The number of thioether (sulfide) groups is 1. The Morgan fingerprint density at radius 2 is 1.78 bits per heavy atom. The maximum absolute atomic E-state index is 15.2. The van der Waals surface area contributed by atoms with Gasteiger partial charge in [0.2, 0.25) is 0 Å². The summed E-state index contributed by atoms with van der Waals surface area (Å²) in [4.78, 5) is 33.6. The van der Waals surface area contributed by atoms with Crippen molar-refractivity contribution in [1.29, 1.82) is 0 Å². The molecule has 0 N–H and O–H groups in total. The van der Waals surface area contributed by atoms with Gasteiger partial charge in [-0.1, -0.05) is 0 Å². The molecule has 1 saturated heterocycles. The van der Waals surface area contributed by atoms with Gasteiger partial charge in [-0.25, -0.2) is 18.4 Å². The van der Waals surface area contributed by atoms with Crippen molar-refractivity contribution < 1.29 is 41.0 Å². The molecule has 1 amide bonds. The van der Waals surface area contributed by atoms with Gasteiger partial charge in [-0.3, -0.25) is 4.57 Å². The summed E-state index contributed by atoms with van der Waals surface area (Å²) >= 11 is 1.00. The number of carbonyl (C=O) groups excluding carboxylic acids is 1. The molecule has 45 heavy (non-hydrogen) atoms. The highest BCUT2D eigenvalue weighted by molar-refractivity contribution is 7.99. The molecule has 5 rings (SSSR count). The maximum atomic E-state index is 15.2. The molecule has 9 nitrogen and oxygen atoms in total. The fourth-order valence-electron chi connectivity index (χ4n) is 5.39. The minimum Gasteiger partial charge on any atom is -0.444 e. The van der Waals surface area contributed by atoms with E-state index in [1.54, 1.807) is 25.7 Å². The highest BCUT2D eigenvalue weighted by atomic mass is 32.2. The number of carbonyl (C=O) groups is 1. The Kier molecular flexibility index (Phi) is 9.34. The fraction of sp³-hybridized carbons (Fsp3) is 0.500. The Morgan fingerprint density at radius 3 is 2.40 bits per heavy atom. The van der Waals surface area contributed by atoms with E-state index in [9.17, 15) is 27.2 Å². The highest BCUT2D eigenvalue weighted by Gasteiger charge is 2.39. The molecular formula is C30H33F5N4O5S. The Labute approximate surface area is 260 Å². The minimum atomic E-state index is -4.95. The molecule has 2 aromatic carbocycles. The van der Waals surface area contributed by atoms with Crippen LogP contribution in [0.4, 0.5) is 32.6 Å². The van der Waals surface area contributed by atoms with Crippen molar-refractivity contribution in [2.75, 3.05) is 57.2 Å². The summed E-state index contributed by atoms with van der Waals surface area (Å²) in [5.41, 5.74) is -3.37. The molecule has 0 unspecified atom stereocenters. The summed E-state index contributed by atoms with van der Waals surface area (Å²) in [5, 5.41) is 0.0407. The van der Waals surface area contributed by atoms with Crippen LogP contribution in [-0.2, 0) is 26.9 Å². The summed E-state index contributed by atoms with van der Waals surface area (Å²) in [6.45, 7) is 6.36. The van der Waals surface area contributed by atoms with E-state index in [0.717, 1.165) is 30.0 Å². The number of ether oxygens (including phenoxy) is 3. The van der Waals surface area contributed by atoms with Crippen molar-refractivity contribution in [1.82, 2.24) is 14.5 Å². The van der Waals surface area contributed by atoms with Gasteiger partial charge in [0.15, 0.2) is 0 Å². The average molecular weight is 657 g/mol. The number of halogens is 5. The zero-order valence-corrected chi connectivity index (χ0v) is 26.0. The second-order valence-corrected chi connectivity index (χ2v) is 12.8. The Hall–Kier alpha value is -3.43. The molecule has 0 radical (unpaired) electrons. The van der Waals surface area contributed by atoms with Gasteiger partial charge in [-0.15, -0.1) is 11.8 Å². The fourth-order valence-corrected chi connectivity index (χ4v) is 6.66. The molecule has 1 fully saturated rings. The van der Waals surface area contributed by atoms with E-state index in [4.69, 9.17) is 14.2 Å². The second-order valence-electron chi connectivity index (χ2n) is 11.7. The lowest BCUT2D eigenvalue weighted by atomic mass is 9.95. The topological polar surface area (TPSA) is 86.1 Å². The molecule has 0 saturated carbocycles. The number of nitrogens with zero attached hydrogens (tertiary/aromatic N) is 4. The standard InChI is InChI=1S/C30H33F5N4O5S/c1-29(2,3)44-28(41)38-9-7-37(8-10-38)26-20-14-21(30(33,34)35)23(19-6-5-17(31)13-22(19)32)25-24(20)39(27(40)36-26)15-18(16-45-25)43-12-11-42-4/h5-6,13-14,18H,7-12,15-16H2,1-4H3/t18-/m1/s1. The lowest BCUT2D eigenvalue weighted by molar-refractivity contribution is -0.137. The monoisotopic (exact) mass is 656 g/mol. The number of rotatable bonds is 6. The summed E-state index contributed by atoms with van der Waals surface area (Å²) in [5.74, 6) is -1.95. The number of piperazine rings is 1. The van der Waals surface area contributed by atoms with Gasteiger partial charge in [0.1, 0.15) is 23.1 Å². The first-order valence-electron chi connectivity index (χ1n) is 14.3. The van der Waals surface area contributed by atoms with Crippen molar-refractivity contribution in [2.45, 2.75) is 50.1 Å². The minimum absolute atomic E-state index is 0.0105. The number of hydrogen-bond donors (Lipinski definition) is 0. The summed E-state index contributed by atoms with van der Waals surface area (Å²) in [6, 6.07) is 3.26. The first-order chi connectivity index (χ1) is 21.2. The summed E-state index contributed by atoms with van der Waals surface area (Å²) in [7, 11) is 1.49. The van der Waals surface area contributed by atoms with Crippen molar-refractivity contribution >= 4 is 34.6 Å². The predicted octanol–water partition coefficient (Wildman–Crippen LogP) is 5.55. The Bertz CT molecular complexity index is 1650.